The van der Waals surface area contributed by atoms with Crippen molar-refractivity contribution in [2.45, 2.75) is 0 Å². The summed E-state index contributed by atoms with van der Waals surface area (Å²) in [6.45, 7) is 0. The van der Waals surface area contributed by atoms with Gasteiger partial charge in [-0.05, 0) is 46.0 Å². The number of rotatable bonds is 4. The molecular formula is C24H16N2OS. The number of carbonyl (C=O) groups is 1. The van der Waals surface area contributed by atoms with E-state index >= 15 is 0 Å². The van der Waals surface area contributed by atoms with Gasteiger partial charge in [0.1, 0.15) is 5.82 Å². The van der Waals surface area contributed by atoms with Crippen molar-refractivity contribution in [2.75, 3.05) is 0 Å². The van der Waals surface area contributed by atoms with Gasteiger partial charge in [-0.15, -0.1) is 11.3 Å². The van der Waals surface area contributed by atoms with E-state index in [2.05, 4.69) is 28.2 Å². The summed E-state index contributed by atoms with van der Waals surface area (Å²) in [6, 6.07) is 25.9. The second-order valence-corrected chi connectivity index (χ2v) is 7.48. The van der Waals surface area contributed by atoms with Crippen LogP contribution >= 0.6 is 11.3 Å². The van der Waals surface area contributed by atoms with Gasteiger partial charge in [0, 0.05) is 0 Å². The molecule has 134 valence electrons. The predicted molar refractivity (Wildman–Crippen MR) is 117 cm³/mol. The third-order valence-corrected chi connectivity index (χ3v) is 5.63. The first-order chi connectivity index (χ1) is 13.8. The number of nitrogens with zero attached hydrogens (tertiary/aromatic N) is 1. The minimum absolute atomic E-state index is 0.0259. The molecule has 0 atom stereocenters. The molecule has 0 aliphatic rings. The number of carbonyl (C=O) groups excluding carboxylic acids is 1. The molecule has 0 radical (unpaired) electrons. The largest absolute Gasteiger partial charge is 0.338 e. The van der Waals surface area contributed by atoms with Gasteiger partial charge in [0.15, 0.2) is 0 Å². The van der Waals surface area contributed by atoms with Crippen LogP contribution in [-0.4, -0.2) is 15.8 Å². The third kappa shape index (κ3) is 2.94. The van der Waals surface area contributed by atoms with E-state index in [-0.39, 0.29) is 5.78 Å². The Hall–Kier alpha value is -3.50. The van der Waals surface area contributed by atoms with E-state index in [4.69, 9.17) is 0 Å². The van der Waals surface area contributed by atoms with Crippen molar-refractivity contribution in [3.63, 3.8) is 0 Å². The van der Waals surface area contributed by atoms with Crippen LogP contribution in [0.4, 0.5) is 0 Å². The summed E-state index contributed by atoms with van der Waals surface area (Å²) in [5.74, 6) is 0.564. The number of Topliss-reactive ketones (excluding diaryl/α,β-unsaturated/α-hetero) is 1. The van der Waals surface area contributed by atoms with E-state index < -0.39 is 0 Å². The second-order valence-electron chi connectivity index (χ2n) is 6.54. The van der Waals surface area contributed by atoms with Gasteiger partial charge in [-0.2, -0.15) is 0 Å². The Bertz CT molecular complexity index is 1290. The van der Waals surface area contributed by atoms with Gasteiger partial charge in [-0.3, -0.25) is 4.79 Å². The van der Waals surface area contributed by atoms with Crippen molar-refractivity contribution >= 4 is 50.6 Å². The van der Waals surface area contributed by atoms with Crippen LogP contribution in [0.25, 0.3) is 33.5 Å². The minimum atomic E-state index is -0.0259. The summed E-state index contributed by atoms with van der Waals surface area (Å²) in [5.41, 5.74) is 3.33. The lowest BCUT2D eigenvalue weighted by molar-refractivity contribution is 0.106. The number of hydrogen-bond acceptors (Lipinski definition) is 3. The molecule has 3 aromatic carbocycles. The molecule has 28 heavy (non-hydrogen) atoms. The van der Waals surface area contributed by atoms with E-state index in [1.165, 1.54) is 11.3 Å². The summed E-state index contributed by atoms with van der Waals surface area (Å²) in [5, 5.41) is 4.17. The van der Waals surface area contributed by atoms with E-state index in [9.17, 15) is 4.79 Å². The maximum atomic E-state index is 13.3. The van der Waals surface area contributed by atoms with Crippen LogP contribution in [0, 0.1) is 0 Å². The number of H-pyrrole nitrogens is 1. The number of hydrogen-bond donors (Lipinski definition) is 1. The Morgan fingerprint density at radius 1 is 0.893 bits per heavy atom. The summed E-state index contributed by atoms with van der Waals surface area (Å²) < 4.78 is 0. The lowest BCUT2D eigenvalue weighted by Gasteiger charge is -2.06. The topological polar surface area (TPSA) is 45.8 Å². The van der Waals surface area contributed by atoms with Crippen molar-refractivity contribution in [2.24, 2.45) is 0 Å². The van der Waals surface area contributed by atoms with Crippen LogP contribution in [0.3, 0.4) is 0 Å². The van der Waals surface area contributed by atoms with Gasteiger partial charge in [0.25, 0.3) is 0 Å². The molecule has 0 unspecified atom stereocenters. The number of benzene rings is 3. The highest BCUT2D eigenvalue weighted by Crippen LogP contribution is 2.28. The summed E-state index contributed by atoms with van der Waals surface area (Å²) in [7, 11) is 0. The van der Waals surface area contributed by atoms with Crippen LogP contribution in [-0.2, 0) is 0 Å². The Morgan fingerprint density at radius 3 is 2.57 bits per heavy atom. The fourth-order valence-electron chi connectivity index (χ4n) is 3.39. The molecular weight excluding hydrogens is 364 g/mol. The average Bonchev–Trinajstić information content (AvgIpc) is 3.41. The van der Waals surface area contributed by atoms with Gasteiger partial charge in [-0.25, -0.2) is 4.98 Å². The van der Waals surface area contributed by atoms with Gasteiger partial charge in [-0.1, -0.05) is 60.7 Å². The number of nitrogens with one attached hydrogen (secondary N) is 1. The molecule has 2 heterocycles. The first-order valence-electron chi connectivity index (χ1n) is 9.02. The molecule has 0 saturated carbocycles. The number of fused-ring (bicyclic) bond motifs is 2. The molecule has 0 amide bonds. The Labute approximate surface area is 166 Å². The van der Waals surface area contributed by atoms with E-state index in [0.717, 1.165) is 27.4 Å². The highest BCUT2D eigenvalue weighted by molar-refractivity contribution is 7.12. The first-order valence-corrected chi connectivity index (χ1v) is 9.90. The highest BCUT2D eigenvalue weighted by atomic mass is 32.1. The van der Waals surface area contributed by atoms with Crippen LogP contribution in [0.2, 0.25) is 0 Å². The average molecular weight is 380 g/mol. The van der Waals surface area contributed by atoms with Crippen molar-refractivity contribution in [3.8, 4) is 0 Å². The smallest absolute Gasteiger partial charge is 0.206 e. The molecule has 0 bridgehead atoms. The molecule has 0 fully saturated rings. The third-order valence-electron chi connectivity index (χ3n) is 4.76. The van der Waals surface area contributed by atoms with E-state index in [1.54, 1.807) is 0 Å². The maximum absolute atomic E-state index is 13.3. The van der Waals surface area contributed by atoms with E-state index in [1.807, 2.05) is 72.1 Å². The molecule has 5 aromatic rings. The molecule has 4 heteroatoms. The number of aromatic amines is 1. The van der Waals surface area contributed by atoms with Crippen LogP contribution in [0.1, 0.15) is 21.1 Å². The van der Waals surface area contributed by atoms with Gasteiger partial charge < -0.3 is 4.98 Å². The van der Waals surface area contributed by atoms with E-state index in [0.29, 0.717) is 16.3 Å². The molecule has 5 rings (SSSR count). The van der Waals surface area contributed by atoms with Crippen LogP contribution in [0.15, 0.2) is 84.2 Å². The summed E-state index contributed by atoms with van der Waals surface area (Å²) in [6.07, 6.45) is 1.95. The monoisotopic (exact) mass is 380 g/mol. The SMILES string of the molecule is O=C(/C(=C/c1cccc2ccccc12)c1nc2ccccc2[nH]1)c1cccs1. The molecule has 2 aromatic heterocycles. The number of para-hydroxylation sites is 2. The molecule has 0 aliphatic carbocycles. The molecule has 1 N–H and O–H groups in total. The normalized spacial score (nSPS) is 11.9. The zero-order valence-electron chi connectivity index (χ0n) is 14.9. The fourth-order valence-corrected chi connectivity index (χ4v) is 4.07. The number of imidazole rings is 1. The molecule has 0 spiro atoms. The second kappa shape index (κ2) is 6.91. The number of allylic oxidation sites excluding steroid dienone is 1. The van der Waals surface area contributed by atoms with Crippen molar-refractivity contribution in [3.05, 3.63) is 101 Å². The standard InChI is InChI=1S/C24H16N2OS/c27-23(22-13-6-14-28-22)19(24-25-20-11-3-4-12-21(20)26-24)15-17-9-5-8-16-7-1-2-10-18(16)17/h1-15H,(H,25,26)/b19-15-. The van der Waals surface area contributed by atoms with Crippen molar-refractivity contribution in [1.82, 2.24) is 9.97 Å². The fraction of sp³-hybridized carbons (Fsp3) is 0. The number of ketones is 1. The molecule has 3 nitrogen and oxygen atoms in total. The maximum Gasteiger partial charge on any atom is 0.206 e. The lowest BCUT2D eigenvalue weighted by Crippen LogP contribution is -2.02. The van der Waals surface area contributed by atoms with Gasteiger partial charge in [0.05, 0.1) is 21.5 Å². The van der Waals surface area contributed by atoms with Crippen LogP contribution in [0.5, 0.6) is 0 Å². The predicted octanol–water partition coefficient (Wildman–Crippen LogP) is 6.20. The van der Waals surface area contributed by atoms with Crippen LogP contribution < -0.4 is 0 Å². The molecule has 0 aliphatic heterocycles. The Kier molecular flexibility index (Phi) is 4.11. The van der Waals surface area contributed by atoms with Crippen molar-refractivity contribution in [1.29, 1.82) is 0 Å². The first kappa shape index (κ1) is 16.7. The zero-order valence-corrected chi connectivity index (χ0v) is 15.7. The van der Waals surface area contributed by atoms with Gasteiger partial charge in [0.2, 0.25) is 5.78 Å². The quantitative estimate of drug-likeness (QED) is 0.298. The number of aromatic nitrogens is 2. The van der Waals surface area contributed by atoms with Crippen molar-refractivity contribution < 1.29 is 4.79 Å². The Balaban J connectivity index is 1.73. The number of thiophene rings is 1. The zero-order chi connectivity index (χ0) is 18.9. The summed E-state index contributed by atoms with van der Waals surface area (Å²) >= 11 is 1.44. The van der Waals surface area contributed by atoms with Gasteiger partial charge >= 0.3 is 0 Å². The molecule has 0 saturated heterocycles. The minimum Gasteiger partial charge on any atom is -0.338 e. The summed E-state index contributed by atoms with van der Waals surface area (Å²) in [4.78, 5) is 22.0. The Morgan fingerprint density at radius 2 is 1.71 bits per heavy atom. The lowest BCUT2D eigenvalue weighted by atomic mass is 10.00. The highest BCUT2D eigenvalue weighted by Gasteiger charge is 2.19.